The maximum atomic E-state index is 12.6. The lowest BCUT2D eigenvalue weighted by Crippen LogP contribution is -2.48. The lowest BCUT2D eigenvalue weighted by atomic mass is 9.50. The molecule has 0 aliphatic heterocycles. The lowest BCUT2D eigenvalue weighted by molar-refractivity contribution is -0.121. The smallest absolute Gasteiger partial charge is 0.137 e. The number of hydrogen-bond donors (Lipinski definition) is 0. The Kier molecular flexibility index (Phi) is 4.44. The van der Waals surface area contributed by atoms with Crippen molar-refractivity contribution in [2.45, 2.75) is 105 Å². The van der Waals surface area contributed by atoms with E-state index in [9.17, 15) is 4.79 Å². The van der Waals surface area contributed by atoms with Crippen LogP contribution in [0, 0.1) is 57.7 Å². The Morgan fingerprint density at radius 2 is 1.71 bits per heavy atom. The summed E-state index contributed by atoms with van der Waals surface area (Å²) in [5, 5.41) is 0. The van der Waals surface area contributed by atoms with Crippen LogP contribution in [0.15, 0.2) is 0 Å². The van der Waals surface area contributed by atoms with Crippen LogP contribution in [-0.2, 0) is 4.79 Å². The molecule has 0 radical (unpaired) electrons. The highest BCUT2D eigenvalue weighted by atomic mass is 16.1. The number of Topliss-reactive ketones (excluding diaryl/α,β-unsaturated/α-hetero) is 1. The molecule has 0 amide bonds. The highest BCUT2D eigenvalue weighted by Crippen LogP contribution is 2.85. The third-order valence-corrected chi connectivity index (χ3v) is 11.6. The molecule has 28 heavy (non-hydrogen) atoms. The van der Waals surface area contributed by atoms with Gasteiger partial charge in [0.15, 0.2) is 0 Å². The fourth-order valence-corrected chi connectivity index (χ4v) is 10.3. The standard InChI is InChI=1S/C27H44O/c1-17(2)7-6-8-18(3)20-9-10-21-19-11-15-27-16-13-23(28)24(27)26(27,5)22(19)12-14-25(20,21)4/h17-22,24H,6-16H2,1-5H3/t18-,19+,20-,21+,22+,24+,25-,26-,27-/m1/s1. The van der Waals surface area contributed by atoms with Gasteiger partial charge in [-0.1, -0.05) is 53.9 Å². The molecule has 158 valence electrons. The molecule has 1 heteroatoms. The van der Waals surface area contributed by atoms with Crippen molar-refractivity contribution in [3.05, 3.63) is 0 Å². The van der Waals surface area contributed by atoms with Gasteiger partial charge in [0.2, 0.25) is 0 Å². The topological polar surface area (TPSA) is 17.1 Å². The second kappa shape index (κ2) is 6.34. The summed E-state index contributed by atoms with van der Waals surface area (Å²) in [6, 6.07) is 0. The van der Waals surface area contributed by atoms with Crippen molar-refractivity contribution in [1.29, 1.82) is 0 Å². The molecule has 0 aromatic carbocycles. The van der Waals surface area contributed by atoms with Crippen LogP contribution in [0.1, 0.15) is 105 Å². The summed E-state index contributed by atoms with van der Waals surface area (Å²) in [7, 11) is 0. The van der Waals surface area contributed by atoms with E-state index in [0.717, 1.165) is 41.9 Å². The van der Waals surface area contributed by atoms with Gasteiger partial charge in [-0.05, 0) is 96.7 Å². The van der Waals surface area contributed by atoms with Crippen molar-refractivity contribution < 1.29 is 4.79 Å². The molecule has 0 aromatic heterocycles. The highest BCUT2D eigenvalue weighted by molar-refractivity contribution is 5.90. The summed E-state index contributed by atoms with van der Waals surface area (Å²) in [6.07, 6.45) is 15.1. The van der Waals surface area contributed by atoms with Crippen LogP contribution in [0.2, 0.25) is 0 Å². The summed E-state index contributed by atoms with van der Waals surface area (Å²) in [6.45, 7) is 12.6. The third-order valence-electron chi connectivity index (χ3n) is 11.6. The van der Waals surface area contributed by atoms with Crippen molar-refractivity contribution in [1.82, 2.24) is 0 Å². The Bertz CT molecular complexity index is 651. The van der Waals surface area contributed by atoms with Crippen LogP contribution in [0.4, 0.5) is 0 Å². The Morgan fingerprint density at radius 1 is 0.929 bits per heavy atom. The largest absolute Gasteiger partial charge is 0.299 e. The van der Waals surface area contributed by atoms with E-state index < -0.39 is 0 Å². The normalized spacial score (nSPS) is 52.8. The second-order valence-corrected chi connectivity index (χ2v) is 12.8. The number of rotatable bonds is 5. The van der Waals surface area contributed by atoms with Crippen LogP contribution in [0.3, 0.4) is 0 Å². The molecule has 0 saturated heterocycles. The minimum absolute atomic E-state index is 0.396. The van der Waals surface area contributed by atoms with Gasteiger partial charge in [0, 0.05) is 12.3 Å². The van der Waals surface area contributed by atoms with Crippen molar-refractivity contribution >= 4 is 5.78 Å². The van der Waals surface area contributed by atoms with Gasteiger partial charge in [-0.3, -0.25) is 4.79 Å². The van der Waals surface area contributed by atoms with E-state index in [4.69, 9.17) is 0 Å². The number of ketones is 1. The van der Waals surface area contributed by atoms with E-state index in [1.54, 1.807) is 0 Å². The monoisotopic (exact) mass is 384 g/mol. The molecule has 1 spiro atoms. The Hall–Kier alpha value is -0.330. The zero-order valence-electron chi connectivity index (χ0n) is 19.2. The predicted molar refractivity (Wildman–Crippen MR) is 116 cm³/mol. The molecule has 0 aromatic rings. The van der Waals surface area contributed by atoms with Gasteiger partial charge in [0.05, 0.1) is 0 Å². The molecule has 5 aliphatic carbocycles. The molecular weight excluding hydrogens is 340 g/mol. The highest BCUT2D eigenvalue weighted by Gasteiger charge is 2.82. The van der Waals surface area contributed by atoms with Gasteiger partial charge >= 0.3 is 0 Å². The van der Waals surface area contributed by atoms with E-state index >= 15 is 0 Å². The van der Waals surface area contributed by atoms with Crippen LogP contribution in [-0.4, -0.2) is 5.78 Å². The van der Waals surface area contributed by atoms with Crippen LogP contribution < -0.4 is 0 Å². The summed E-state index contributed by atoms with van der Waals surface area (Å²) in [4.78, 5) is 12.6. The first-order valence-electron chi connectivity index (χ1n) is 12.8. The SMILES string of the molecule is CC(C)CCC[C@@H](C)[C@H]1CC[C@H]2[C@@H]3CC[C@@]45CCC(=O)[C@H]4[C@@]5(C)[C@H]3CC[C@]12C. The molecule has 0 N–H and O–H groups in total. The Balaban J connectivity index is 1.32. The minimum atomic E-state index is 0.396. The van der Waals surface area contributed by atoms with Crippen molar-refractivity contribution in [3.63, 3.8) is 0 Å². The van der Waals surface area contributed by atoms with E-state index in [1.807, 2.05) is 0 Å². The molecule has 0 bridgehead atoms. The molecule has 9 atom stereocenters. The van der Waals surface area contributed by atoms with Gasteiger partial charge in [0.25, 0.3) is 0 Å². The summed E-state index contributed by atoms with van der Waals surface area (Å²) >= 11 is 0. The zero-order chi connectivity index (χ0) is 19.9. The number of hydrogen-bond acceptors (Lipinski definition) is 1. The van der Waals surface area contributed by atoms with Gasteiger partial charge < -0.3 is 0 Å². The Labute approximate surface area is 173 Å². The van der Waals surface area contributed by atoms with Gasteiger partial charge in [-0.2, -0.15) is 0 Å². The molecular formula is C27H44O. The lowest BCUT2D eigenvalue weighted by Gasteiger charge is -2.55. The molecule has 0 unspecified atom stereocenters. The molecule has 0 heterocycles. The predicted octanol–water partition coefficient (Wildman–Crippen LogP) is 7.29. The molecule has 1 nitrogen and oxygen atoms in total. The second-order valence-electron chi connectivity index (χ2n) is 12.8. The average Bonchev–Trinajstić information content (AvgIpc) is 2.87. The first-order valence-corrected chi connectivity index (χ1v) is 12.8. The maximum Gasteiger partial charge on any atom is 0.137 e. The van der Waals surface area contributed by atoms with Crippen molar-refractivity contribution in [3.8, 4) is 0 Å². The fraction of sp³-hybridized carbons (Fsp3) is 0.963. The molecule has 5 aliphatic rings. The number of fused-ring (bicyclic) bond motifs is 5. The van der Waals surface area contributed by atoms with Gasteiger partial charge in [-0.25, -0.2) is 0 Å². The molecule has 5 saturated carbocycles. The quantitative estimate of drug-likeness (QED) is 0.486. The average molecular weight is 385 g/mol. The van der Waals surface area contributed by atoms with Crippen LogP contribution in [0.25, 0.3) is 0 Å². The molecule has 5 fully saturated rings. The van der Waals surface area contributed by atoms with E-state index in [0.29, 0.717) is 27.9 Å². The van der Waals surface area contributed by atoms with Crippen LogP contribution >= 0.6 is 0 Å². The van der Waals surface area contributed by atoms with E-state index in [2.05, 4.69) is 34.6 Å². The summed E-state index contributed by atoms with van der Waals surface area (Å²) in [5.74, 6) is 6.56. The van der Waals surface area contributed by atoms with Gasteiger partial charge in [0.1, 0.15) is 5.78 Å². The Morgan fingerprint density at radius 3 is 2.46 bits per heavy atom. The van der Waals surface area contributed by atoms with E-state index in [1.165, 1.54) is 64.2 Å². The summed E-state index contributed by atoms with van der Waals surface area (Å²) in [5.41, 5.74) is 1.45. The third kappa shape index (κ3) is 2.34. The maximum absolute atomic E-state index is 12.6. The van der Waals surface area contributed by atoms with Gasteiger partial charge in [-0.15, -0.1) is 0 Å². The first kappa shape index (κ1) is 19.6. The first-order chi connectivity index (χ1) is 13.3. The fourth-order valence-electron chi connectivity index (χ4n) is 10.3. The minimum Gasteiger partial charge on any atom is -0.299 e. The van der Waals surface area contributed by atoms with Crippen LogP contribution in [0.5, 0.6) is 0 Å². The van der Waals surface area contributed by atoms with Crippen molar-refractivity contribution in [2.75, 3.05) is 0 Å². The van der Waals surface area contributed by atoms with Crippen molar-refractivity contribution in [2.24, 2.45) is 57.7 Å². The molecule has 5 rings (SSSR count). The van der Waals surface area contributed by atoms with E-state index in [-0.39, 0.29) is 0 Å². The number of carbonyl (C=O) groups is 1. The zero-order valence-corrected chi connectivity index (χ0v) is 19.2. The summed E-state index contributed by atoms with van der Waals surface area (Å²) < 4.78 is 0. The number of carbonyl (C=O) groups excluding carboxylic acids is 1.